The Bertz CT molecular complexity index is 1050. The molecule has 0 aromatic heterocycles. The van der Waals surface area contributed by atoms with Gasteiger partial charge in [-0.1, -0.05) is 52.8 Å². The standard InChI is InChI=1S/C24H32N2O4.C4H10N2O.2C2H6/c1-6-23-10-7-12-26-13-11-24(20(23)26)17-9-8-16(29-5)14-18(17)25(4)19(24)22(3,28)21(23)30-15(2)27;5-2-1-3-6-4-7;2*1-2/h7-10,14,19-21,28H,6,11-13H2,1-5H3;4H,1-3,5H2,(H,6,7);2*1-2H3/t19?,20?,21-,22-,23+,24?;;;/m0.../s1. The third-order valence-corrected chi connectivity index (χ3v) is 8.98. The summed E-state index contributed by atoms with van der Waals surface area (Å²) >= 11 is 0. The minimum absolute atomic E-state index is 0.159. The molecule has 1 aromatic rings. The zero-order chi connectivity index (χ0) is 31.0. The topological polar surface area (TPSA) is 117 Å². The maximum atomic E-state index is 12.2. The Morgan fingerprint density at radius 2 is 1.93 bits per heavy atom. The highest BCUT2D eigenvalue weighted by Crippen LogP contribution is 2.67. The molecule has 3 unspecified atom stereocenters. The van der Waals surface area contributed by atoms with E-state index in [2.05, 4.69) is 53.4 Å². The number of amides is 1. The summed E-state index contributed by atoms with van der Waals surface area (Å²) in [7, 11) is 3.73. The lowest BCUT2D eigenvalue weighted by atomic mass is 9.48. The van der Waals surface area contributed by atoms with Crippen molar-refractivity contribution >= 4 is 18.1 Å². The third-order valence-electron chi connectivity index (χ3n) is 8.98. The third kappa shape index (κ3) is 5.73. The summed E-state index contributed by atoms with van der Waals surface area (Å²) in [5.41, 5.74) is 5.58. The van der Waals surface area contributed by atoms with Crippen LogP contribution in [0.5, 0.6) is 5.75 Å². The van der Waals surface area contributed by atoms with Crippen molar-refractivity contribution in [2.24, 2.45) is 11.1 Å². The van der Waals surface area contributed by atoms with Crippen molar-refractivity contribution in [3.63, 3.8) is 0 Å². The number of nitrogens with two attached hydrogens (primary N) is 1. The Morgan fingerprint density at radius 3 is 2.49 bits per heavy atom. The molecular weight excluding hydrogens is 520 g/mol. The Labute approximate surface area is 247 Å². The molecule has 4 N–H and O–H groups in total. The van der Waals surface area contributed by atoms with Crippen molar-refractivity contribution in [2.75, 3.05) is 45.2 Å². The highest BCUT2D eigenvalue weighted by Gasteiger charge is 2.76. The van der Waals surface area contributed by atoms with Crippen LogP contribution in [0.15, 0.2) is 30.4 Å². The maximum absolute atomic E-state index is 12.2. The summed E-state index contributed by atoms with van der Waals surface area (Å²) in [6.07, 6.45) is 7.11. The molecule has 41 heavy (non-hydrogen) atoms. The van der Waals surface area contributed by atoms with Crippen LogP contribution in [0, 0.1) is 5.41 Å². The minimum Gasteiger partial charge on any atom is -0.497 e. The van der Waals surface area contributed by atoms with Crippen LogP contribution in [0.3, 0.4) is 0 Å². The van der Waals surface area contributed by atoms with Crippen molar-refractivity contribution in [1.82, 2.24) is 10.2 Å². The lowest BCUT2D eigenvalue weighted by molar-refractivity contribution is -0.213. The molecule has 1 spiro atoms. The molecule has 3 aliphatic heterocycles. The van der Waals surface area contributed by atoms with E-state index in [0.717, 1.165) is 43.8 Å². The normalized spacial score (nSPS) is 31.9. The van der Waals surface area contributed by atoms with Crippen LogP contribution < -0.4 is 20.7 Å². The molecular formula is C32H54N4O5. The first-order valence-corrected chi connectivity index (χ1v) is 15.3. The number of rotatable bonds is 7. The van der Waals surface area contributed by atoms with E-state index in [1.165, 1.54) is 12.5 Å². The number of ether oxygens (including phenoxy) is 2. The second-order valence-corrected chi connectivity index (χ2v) is 10.9. The van der Waals surface area contributed by atoms with E-state index in [-0.39, 0.29) is 23.5 Å². The largest absolute Gasteiger partial charge is 0.497 e. The first-order valence-electron chi connectivity index (χ1n) is 15.3. The molecule has 0 bridgehead atoms. The number of likely N-dealkylation sites (N-methyl/N-ethyl adjacent to an activating group) is 1. The Morgan fingerprint density at radius 1 is 1.24 bits per heavy atom. The van der Waals surface area contributed by atoms with Gasteiger partial charge in [-0.25, -0.2) is 0 Å². The van der Waals surface area contributed by atoms with Gasteiger partial charge in [-0.15, -0.1) is 0 Å². The van der Waals surface area contributed by atoms with E-state index in [1.807, 2.05) is 40.7 Å². The smallest absolute Gasteiger partial charge is 0.303 e. The zero-order valence-corrected chi connectivity index (χ0v) is 26.7. The van der Waals surface area contributed by atoms with Crippen LogP contribution in [0.1, 0.15) is 73.3 Å². The number of carbonyl (C=O) groups is 2. The average Bonchev–Trinajstić information content (AvgIpc) is 3.50. The number of anilines is 1. The molecule has 1 saturated heterocycles. The number of nitrogens with zero attached hydrogens (tertiary/aromatic N) is 2. The predicted octanol–water partition coefficient (Wildman–Crippen LogP) is 3.62. The van der Waals surface area contributed by atoms with Crippen LogP contribution >= 0.6 is 0 Å². The fourth-order valence-corrected chi connectivity index (χ4v) is 7.95. The SMILES string of the molecule is CC.CC.CC[C@]12C=CCN3CCC4(c5ccc(OC)cc5N(C)C4[C@](C)(O)[C@@H]1OC(C)=O)C32.NCCCNC=O. The van der Waals surface area contributed by atoms with Gasteiger partial charge in [0.2, 0.25) is 6.41 Å². The fourth-order valence-electron chi connectivity index (χ4n) is 7.95. The van der Waals surface area contributed by atoms with E-state index < -0.39 is 17.1 Å². The summed E-state index contributed by atoms with van der Waals surface area (Å²) in [5, 5.41) is 14.7. The summed E-state index contributed by atoms with van der Waals surface area (Å²) in [5.74, 6) is 0.468. The van der Waals surface area contributed by atoms with Gasteiger partial charge in [0.15, 0.2) is 0 Å². The molecule has 1 saturated carbocycles. The molecule has 0 radical (unpaired) electrons. The number of carbonyl (C=O) groups excluding carboxylic acids is 2. The molecule has 4 aliphatic rings. The molecule has 1 aromatic carbocycles. The number of hydrogen-bond acceptors (Lipinski definition) is 8. The van der Waals surface area contributed by atoms with Crippen LogP contribution in [-0.4, -0.2) is 86.5 Å². The Hall–Kier alpha value is -2.62. The van der Waals surface area contributed by atoms with Crippen LogP contribution in [-0.2, 0) is 19.7 Å². The van der Waals surface area contributed by atoms with Gasteiger partial charge in [0.1, 0.15) is 17.5 Å². The maximum Gasteiger partial charge on any atom is 0.303 e. The summed E-state index contributed by atoms with van der Waals surface area (Å²) in [6.45, 7) is 16.7. The first kappa shape index (κ1) is 34.6. The Balaban J connectivity index is 0.000000465. The van der Waals surface area contributed by atoms with E-state index in [4.69, 9.17) is 15.2 Å². The van der Waals surface area contributed by atoms with Crippen molar-refractivity contribution < 1.29 is 24.2 Å². The molecule has 5 rings (SSSR count). The van der Waals surface area contributed by atoms with Crippen molar-refractivity contribution in [2.45, 2.75) is 96.9 Å². The monoisotopic (exact) mass is 574 g/mol. The van der Waals surface area contributed by atoms with Gasteiger partial charge in [-0.2, -0.15) is 0 Å². The predicted molar refractivity (Wildman–Crippen MR) is 165 cm³/mol. The zero-order valence-electron chi connectivity index (χ0n) is 26.7. The number of benzene rings is 1. The number of methoxy groups -OCH3 is 1. The fraction of sp³-hybridized carbons (Fsp3) is 0.688. The van der Waals surface area contributed by atoms with Crippen molar-refractivity contribution in [3.8, 4) is 5.75 Å². The van der Waals surface area contributed by atoms with Gasteiger partial charge < -0.3 is 30.5 Å². The Kier molecular flexibility index (Phi) is 12.2. The van der Waals surface area contributed by atoms with E-state index in [0.29, 0.717) is 19.5 Å². The van der Waals surface area contributed by atoms with Gasteiger partial charge in [0, 0.05) is 55.7 Å². The highest BCUT2D eigenvalue weighted by molar-refractivity contribution is 5.71. The molecule has 1 amide bonds. The molecule has 232 valence electrons. The molecule has 2 fully saturated rings. The van der Waals surface area contributed by atoms with E-state index in [1.54, 1.807) is 7.11 Å². The summed E-state index contributed by atoms with van der Waals surface area (Å²) in [4.78, 5) is 26.5. The lowest BCUT2D eigenvalue weighted by Crippen LogP contribution is -2.78. The second-order valence-electron chi connectivity index (χ2n) is 10.9. The number of aliphatic hydroxyl groups is 1. The lowest BCUT2D eigenvalue weighted by Gasteiger charge is -2.64. The minimum atomic E-state index is -1.23. The van der Waals surface area contributed by atoms with Gasteiger partial charge in [0.05, 0.1) is 13.2 Å². The molecule has 9 heteroatoms. The van der Waals surface area contributed by atoms with Crippen LogP contribution in [0.25, 0.3) is 0 Å². The second kappa shape index (κ2) is 14.5. The highest BCUT2D eigenvalue weighted by atomic mass is 16.6. The van der Waals surface area contributed by atoms with E-state index in [9.17, 15) is 14.7 Å². The quantitative estimate of drug-likeness (QED) is 0.196. The van der Waals surface area contributed by atoms with Gasteiger partial charge in [-0.3, -0.25) is 14.5 Å². The molecule has 9 nitrogen and oxygen atoms in total. The number of esters is 1. The number of fused-ring (bicyclic) bond motifs is 1. The van der Waals surface area contributed by atoms with Crippen molar-refractivity contribution in [3.05, 3.63) is 35.9 Å². The summed E-state index contributed by atoms with van der Waals surface area (Å²) in [6, 6.07) is 6.26. The van der Waals surface area contributed by atoms with Gasteiger partial charge in [0.25, 0.3) is 0 Å². The number of nitrogens with one attached hydrogen (secondary N) is 1. The molecule has 6 atom stereocenters. The first-order chi connectivity index (χ1) is 19.6. The molecule has 1 aliphatic carbocycles. The van der Waals surface area contributed by atoms with E-state index >= 15 is 0 Å². The van der Waals surface area contributed by atoms with Crippen molar-refractivity contribution in [1.29, 1.82) is 0 Å². The van der Waals surface area contributed by atoms with Crippen LogP contribution in [0.2, 0.25) is 0 Å². The summed E-state index contributed by atoms with van der Waals surface area (Å²) < 4.78 is 11.5. The number of hydrogen-bond donors (Lipinski definition) is 3. The van der Waals surface area contributed by atoms with Gasteiger partial charge in [-0.05, 0) is 50.9 Å². The average molecular weight is 575 g/mol. The van der Waals surface area contributed by atoms with Crippen LogP contribution in [0.4, 0.5) is 5.69 Å². The molecule has 3 heterocycles. The van der Waals surface area contributed by atoms with Gasteiger partial charge >= 0.3 is 5.97 Å².